The molecule has 2 aromatic carbocycles. The summed E-state index contributed by atoms with van der Waals surface area (Å²) >= 11 is 3.37. The molecule has 0 bridgehead atoms. The van der Waals surface area contributed by atoms with Crippen molar-refractivity contribution < 1.29 is 19.8 Å². The quantitative estimate of drug-likeness (QED) is 0.591. The van der Waals surface area contributed by atoms with E-state index < -0.39 is 11.9 Å². The van der Waals surface area contributed by atoms with E-state index in [1.807, 2.05) is 0 Å². The third-order valence-corrected chi connectivity index (χ3v) is 6.26. The molecule has 1 aliphatic rings. The number of aliphatic carboxylic acids is 1. The van der Waals surface area contributed by atoms with Gasteiger partial charge in [0, 0.05) is 21.1 Å². The molecule has 1 heterocycles. The SMILES string of the molecule is Cc1c(C(C(=O)O)C2CCC2)c2cc(O)ccc2n1C(=O)c1ccc(Br)cc1. The molecule has 144 valence electrons. The average molecular weight is 442 g/mol. The molecular formula is C22H20BrNO4. The zero-order chi connectivity index (χ0) is 20.0. The fraction of sp³-hybridized carbons (Fsp3) is 0.273. The molecule has 4 rings (SSSR count). The Balaban J connectivity index is 1.95. The molecule has 0 aliphatic heterocycles. The van der Waals surface area contributed by atoms with E-state index in [0.717, 1.165) is 23.7 Å². The molecule has 1 aliphatic carbocycles. The van der Waals surface area contributed by atoms with Gasteiger partial charge in [-0.3, -0.25) is 14.2 Å². The summed E-state index contributed by atoms with van der Waals surface area (Å²) in [6, 6.07) is 11.8. The summed E-state index contributed by atoms with van der Waals surface area (Å²) in [6.07, 6.45) is 2.75. The van der Waals surface area contributed by atoms with Gasteiger partial charge < -0.3 is 10.2 Å². The molecule has 0 spiro atoms. The second kappa shape index (κ2) is 7.09. The maximum absolute atomic E-state index is 13.3. The molecule has 1 saturated carbocycles. The number of hydrogen-bond acceptors (Lipinski definition) is 3. The second-order valence-electron chi connectivity index (χ2n) is 7.35. The third kappa shape index (κ3) is 3.02. The van der Waals surface area contributed by atoms with Gasteiger partial charge in [0.05, 0.1) is 11.4 Å². The Labute approximate surface area is 170 Å². The Bertz CT molecular complexity index is 1080. The molecular weight excluding hydrogens is 422 g/mol. The van der Waals surface area contributed by atoms with E-state index in [4.69, 9.17) is 0 Å². The van der Waals surface area contributed by atoms with Gasteiger partial charge in [-0.1, -0.05) is 22.4 Å². The summed E-state index contributed by atoms with van der Waals surface area (Å²) in [5.41, 5.74) is 2.38. The van der Waals surface area contributed by atoms with Gasteiger partial charge in [-0.15, -0.1) is 0 Å². The highest BCUT2D eigenvalue weighted by Crippen LogP contribution is 2.44. The standard InChI is InChI=1S/C22H20BrNO4/c1-12-19(20(22(27)28)13-3-2-4-13)17-11-16(25)9-10-18(17)24(12)21(26)14-5-7-15(23)8-6-14/h5-11,13,20,25H,2-4H2,1H3,(H,27,28). The Kier molecular flexibility index (Phi) is 4.75. The molecule has 2 N–H and O–H groups in total. The van der Waals surface area contributed by atoms with Gasteiger partial charge in [0.15, 0.2) is 0 Å². The molecule has 5 nitrogen and oxygen atoms in total. The fourth-order valence-electron chi connectivity index (χ4n) is 4.14. The number of carbonyl (C=O) groups is 2. The van der Waals surface area contributed by atoms with Crippen LogP contribution in [0.15, 0.2) is 46.9 Å². The van der Waals surface area contributed by atoms with Crippen molar-refractivity contribution in [3.63, 3.8) is 0 Å². The van der Waals surface area contributed by atoms with Gasteiger partial charge in [-0.25, -0.2) is 0 Å². The number of halogens is 1. The fourth-order valence-corrected chi connectivity index (χ4v) is 4.40. The van der Waals surface area contributed by atoms with Crippen molar-refractivity contribution in [2.24, 2.45) is 5.92 Å². The Hall–Kier alpha value is -2.60. The monoisotopic (exact) mass is 441 g/mol. The average Bonchev–Trinajstić information content (AvgIpc) is 2.89. The highest BCUT2D eigenvalue weighted by molar-refractivity contribution is 9.10. The second-order valence-corrected chi connectivity index (χ2v) is 8.27. The summed E-state index contributed by atoms with van der Waals surface area (Å²) in [4.78, 5) is 25.4. The van der Waals surface area contributed by atoms with Crippen molar-refractivity contribution in [3.05, 3.63) is 63.8 Å². The molecule has 1 fully saturated rings. The van der Waals surface area contributed by atoms with Crippen LogP contribution in [0.5, 0.6) is 5.75 Å². The van der Waals surface area contributed by atoms with Crippen molar-refractivity contribution in [2.45, 2.75) is 32.1 Å². The zero-order valence-corrected chi connectivity index (χ0v) is 16.9. The number of phenols is 1. The molecule has 1 atom stereocenters. The summed E-state index contributed by atoms with van der Waals surface area (Å²) in [5, 5.41) is 20.6. The molecule has 3 aromatic rings. The van der Waals surface area contributed by atoms with E-state index in [-0.39, 0.29) is 17.6 Å². The number of aromatic nitrogens is 1. The number of benzene rings is 2. The number of fused-ring (bicyclic) bond motifs is 1. The van der Waals surface area contributed by atoms with E-state index in [1.54, 1.807) is 47.9 Å². The molecule has 28 heavy (non-hydrogen) atoms. The van der Waals surface area contributed by atoms with Crippen LogP contribution in [0.25, 0.3) is 10.9 Å². The minimum Gasteiger partial charge on any atom is -0.508 e. The van der Waals surface area contributed by atoms with Crippen LogP contribution in [0.4, 0.5) is 0 Å². The van der Waals surface area contributed by atoms with Gasteiger partial charge in [-0.05, 0) is 73.7 Å². The summed E-state index contributed by atoms with van der Waals surface area (Å²) < 4.78 is 2.45. The lowest BCUT2D eigenvalue weighted by molar-refractivity contribution is -0.141. The predicted molar refractivity (Wildman–Crippen MR) is 110 cm³/mol. The Morgan fingerprint density at radius 3 is 2.39 bits per heavy atom. The smallest absolute Gasteiger partial charge is 0.311 e. The molecule has 1 aromatic heterocycles. The van der Waals surface area contributed by atoms with Crippen molar-refractivity contribution in [1.29, 1.82) is 0 Å². The number of phenolic OH excluding ortho intramolecular Hbond substituents is 1. The van der Waals surface area contributed by atoms with Crippen LogP contribution in [-0.4, -0.2) is 26.7 Å². The number of carboxylic acid groups (broad SMARTS) is 1. The highest BCUT2D eigenvalue weighted by Gasteiger charge is 2.38. The third-order valence-electron chi connectivity index (χ3n) is 5.73. The maximum atomic E-state index is 13.3. The summed E-state index contributed by atoms with van der Waals surface area (Å²) in [6.45, 7) is 1.79. The molecule has 0 radical (unpaired) electrons. The first-order chi connectivity index (χ1) is 13.4. The first kappa shape index (κ1) is 18.7. The molecule has 0 saturated heterocycles. The van der Waals surface area contributed by atoms with Crippen molar-refractivity contribution in [2.75, 3.05) is 0 Å². The number of nitrogens with zero attached hydrogens (tertiary/aromatic N) is 1. The minimum atomic E-state index is -0.883. The first-order valence-corrected chi connectivity index (χ1v) is 10.0. The Morgan fingerprint density at radius 2 is 1.82 bits per heavy atom. The van der Waals surface area contributed by atoms with Gasteiger partial charge >= 0.3 is 5.97 Å². The van der Waals surface area contributed by atoms with E-state index in [0.29, 0.717) is 27.7 Å². The van der Waals surface area contributed by atoms with Gasteiger partial charge in [-0.2, -0.15) is 0 Å². The number of rotatable bonds is 4. The van der Waals surface area contributed by atoms with E-state index in [1.165, 1.54) is 6.07 Å². The lowest BCUT2D eigenvalue weighted by atomic mass is 9.72. The van der Waals surface area contributed by atoms with Crippen LogP contribution in [0, 0.1) is 12.8 Å². The topological polar surface area (TPSA) is 79.5 Å². The van der Waals surface area contributed by atoms with Crippen LogP contribution < -0.4 is 0 Å². The summed E-state index contributed by atoms with van der Waals surface area (Å²) in [7, 11) is 0. The Morgan fingerprint density at radius 1 is 1.14 bits per heavy atom. The van der Waals surface area contributed by atoms with Crippen molar-refractivity contribution >= 4 is 38.7 Å². The van der Waals surface area contributed by atoms with Crippen LogP contribution in [0.2, 0.25) is 0 Å². The lowest BCUT2D eigenvalue weighted by Gasteiger charge is -2.31. The number of carboxylic acids is 1. The largest absolute Gasteiger partial charge is 0.508 e. The maximum Gasteiger partial charge on any atom is 0.311 e. The van der Waals surface area contributed by atoms with Crippen molar-refractivity contribution in [3.8, 4) is 5.75 Å². The molecule has 1 unspecified atom stereocenters. The van der Waals surface area contributed by atoms with E-state index in [9.17, 15) is 19.8 Å². The zero-order valence-electron chi connectivity index (χ0n) is 15.4. The summed E-state index contributed by atoms with van der Waals surface area (Å²) in [5.74, 6) is -1.67. The highest BCUT2D eigenvalue weighted by atomic mass is 79.9. The van der Waals surface area contributed by atoms with E-state index >= 15 is 0 Å². The van der Waals surface area contributed by atoms with Crippen molar-refractivity contribution in [1.82, 2.24) is 4.57 Å². The molecule has 0 amide bonds. The number of aromatic hydroxyl groups is 1. The van der Waals surface area contributed by atoms with E-state index in [2.05, 4.69) is 15.9 Å². The van der Waals surface area contributed by atoms with Gasteiger partial charge in [0.1, 0.15) is 5.75 Å². The van der Waals surface area contributed by atoms with Crippen LogP contribution in [0.1, 0.15) is 46.8 Å². The number of hydrogen-bond donors (Lipinski definition) is 2. The first-order valence-electron chi connectivity index (χ1n) is 9.25. The van der Waals surface area contributed by atoms with Crippen LogP contribution in [-0.2, 0) is 4.79 Å². The normalized spacial score (nSPS) is 15.4. The number of carbonyl (C=O) groups excluding carboxylic acids is 1. The predicted octanol–water partition coefficient (Wildman–Crippen LogP) is 5.07. The van der Waals surface area contributed by atoms with Gasteiger partial charge in [0.2, 0.25) is 0 Å². The van der Waals surface area contributed by atoms with Gasteiger partial charge in [0.25, 0.3) is 5.91 Å². The van der Waals surface area contributed by atoms with Crippen LogP contribution >= 0.6 is 15.9 Å². The molecule has 6 heteroatoms. The lowest BCUT2D eigenvalue weighted by Crippen LogP contribution is -2.27. The minimum absolute atomic E-state index is 0.0553. The van der Waals surface area contributed by atoms with Crippen LogP contribution in [0.3, 0.4) is 0 Å².